The Balaban J connectivity index is 1.31. The molecule has 0 atom stereocenters. The molecular weight excluding hydrogens is 434 g/mol. The van der Waals surface area contributed by atoms with Gasteiger partial charge in [0.05, 0.1) is 17.0 Å². The van der Waals surface area contributed by atoms with Crippen LogP contribution in [0.1, 0.15) is 34.2 Å². The molecule has 1 fully saturated rings. The van der Waals surface area contributed by atoms with Crippen molar-refractivity contribution >= 4 is 17.6 Å². The number of benzene rings is 2. The molecule has 35 heavy (non-hydrogen) atoms. The number of rotatable bonds is 6. The van der Waals surface area contributed by atoms with Crippen molar-refractivity contribution in [2.24, 2.45) is 0 Å². The molecule has 0 saturated carbocycles. The average Bonchev–Trinajstić information content (AvgIpc) is 3.25. The second kappa shape index (κ2) is 10.2. The van der Waals surface area contributed by atoms with E-state index < -0.39 is 0 Å². The Kier molecular flexibility index (Phi) is 6.73. The maximum atomic E-state index is 13.5. The van der Waals surface area contributed by atoms with Gasteiger partial charge in [0.1, 0.15) is 0 Å². The standard InChI is InChI=1S/C29H31N5O/c1-3-26-25(21-30-28-27(22(2)31-34(26)28)24-14-8-5-9-15-24)29(35)33-19-17-32(18-20-33)16-10-13-23-11-6-4-7-12-23/h4-15,21H,3,16-20H2,1-2H3. The first-order valence-electron chi connectivity index (χ1n) is 12.3. The minimum absolute atomic E-state index is 0.0464. The Labute approximate surface area is 206 Å². The first kappa shape index (κ1) is 23.0. The van der Waals surface area contributed by atoms with E-state index >= 15 is 0 Å². The third kappa shape index (κ3) is 4.75. The molecule has 178 valence electrons. The molecule has 0 bridgehead atoms. The van der Waals surface area contributed by atoms with E-state index in [1.165, 1.54) is 5.56 Å². The zero-order valence-electron chi connectivity index (χ0n) is 20.4. The van der Waals surface area contributed by atoms with Crippen LogP contribution in [-0.4, -0.2) is 63.0 Å². The highest BCUT2D eigenvalue weighted by Crippen LogP contribution is 2.28. The topological polar surface area (TPSA) is 53.7 Å². The van der Waals surface area contributed by atoms with Crippen LogP contribution < -0.4 is 0 Å². The van der Waals surface area contributed by atoms with E-state index in [1.807, 2.05) is 52.7 Å². The number of aromatic nitrogens is 3. The smallest absolute Gasteiger partial charge is 0.257 e. The summed E-state index contributed by atoms with van der Waals surface area (Å²) in [5.74, 6) is 0.0464. The van der Waals surface area contributed by atoms with E-state index in [1.54, 1.807) is 6.20 Å². The molecular formula is C29H31N5O. The zero-order valence-corrected chi connectivity index (χ0v) is 20.4. The number of aryl methyl sites for hydroxylation is 2. The summed E-state index contributed by atoms with van der Waals surface area (Å²) < 4.78 is 1.87. The van der Waals surface area contributed by atoms with Crippen molar-refractivity contribution in [2.75, 3.05) is 32.7 Å². The van der Waals surface area contributed by atoms with Crippen molar-refractivity contribution in [1.29, 1.82) is 0 Å². The Morgan fingerprint density at radius 3 is 2.34 bits per heavy atom. The zero-order chi connectivity index (χ0) is 24.2. The van der Waals surface area contributed by atoms with Gasteiger partial charge in [0.15, 0.2) is 5.65 Å². The predicted molar refractivity (Wildman–Crippen MR) is 140 cm³/mol. The molecule has 0 spiro atoms. The summed E-state index contributed by atoms with van der Waals surface area (Å²) in [6.45, 7) is 8.12. The Bertz CT molecular complexity index is 1340. The molecule has 0 aliphatic carbocycles. The van der Waals surface area contributed by atoms with E-state index in [-0.39, 0.29) is 5.91 Å². The van der Waals surface area contributed by atoms with Gasteiger partial charge in [-0.2, -0.15) is 5.10 Å². The molecule has 0 radical (unpaired) electrons. The number of carbonyl (C=O) groups is 1. The summed E-state index contributed by atoms with van der Waals surface area (Å²) in [5.41, 5.74) is 6.61. The lowest BCUT2D eigenvalue weighted by Crippen LogP contribution is -2.48. The molecule has 3 heterocycles. The summed E-state index contributed by atoms with van der Waals surface area (Å²) in [4.78, 5) is 22.6. The molecule has 0 unspecified atom stereocenters. The van der Waals surface area contributed by atoms with Crippen molar-refractivity contribution in [3.8, 4) is 11.1 Å². The minimum atomic E-state index is 0.0464. The van der Waals surface area contributed by atoms with Crippen LogP contribution in [0.25, 0.3) is 22.9 Å². The lowest BCUT2D eigenvalue weighted by atomic mass is 10.1. The van der Waals surface area contributed by atoms with E-state index in [0.717, 1.165) is 47.8 Å². The molecule has 2 aromatic heterocycles. The van der Waals surface area contributed by atoms with E-state index in [0.29, 0.717) is 25.1 Å². The van der Waals surface area contributed by atoms with Gasteiger partial charge in [0, 0.05) is 44.5 Å². The molecule has 1 aliphatic rings. The first-order valence-corrected chi connectivity index (χ1v) is 12.3. The van der Waals surface area contributed by atoms with Gasteiger partial charge in [-0.25, -0.2) is 9.50 Å². The van der Waals surface area contributed by atoms with Crippen molar-refractivity contribution in [2.45, 2.75) is 20.3 Å². The van der Waals surface area contributed by atoms with Gasteiger partial charge in [-0.15, -0.1) is 0 Å². The second-order valence-corrected chi connectivity index (χ2v) is 8.94. The van der Waals surface area contributed by atoms with Crippen LogP contribution in [-0.2, 0) is 6.42 Å². The van der Waals surface area contributed by atoms with E-state index in [2.05, 4.69) is 48.2 Å². The number of hydrogen-bond acceptors (Lipinski definition) is 4. The SMILES string of the molecule is CCc1c(C(=O)N2CCN(CC=Cc3ccccc3)CC2)cnc2c(-c3ccccc3)c(C)nn12. The number of amides is 1. The highest BCUT2D eigenvalue weighted by atomic mass is 16.2. The van der Waals surface area contributed by atoms with Crippen LogP contribution in [0.2, 0.25) is 0 Å². The normalized spacial score (nSPS) is 14.7. The highest BCUT2D eigenvalue weighted by Gasteiger charge is 2.26. The molecule has 2 aromatic carbocycles. The lowest BCUT2D eigenvalue weighted by molar-refractivity contribution is 0.0648. The number of carbonyl (C=O) groups excluding carboxylic acids is 1. The van der Waals surface area contributed by atoms with Crippen LogP contribution in [0.4, 0.5) is 0 Å². The van der Waals surface area contributed by atoms with Gasteiger partial charge in [-0.3, -0.25) is 9.69 Å². The van der Waals surface area contributed by atoms with Crippen LogP contribution in [0.5, 0.6) is 0 Å². The van der Waals surface area contributed by atoms with Gasteiger partial charge in [-0.05, 0) is 24.5 Å². The van der Waals surface area contributed by atoms with Crippen molar-refractivity contribution in [3.63, 3.8) is 0 Å². The quantitative estimate of drug-likeness (QED) is 0.413. The molecule has 1 aliphatic heterocycles. The van der Waals surface area contributed by atoms with Crippen LogP contribution in [0.3, 0.4) is 0 Å². The minimum Gasteiger partial charge on any atom is -0.336 e. The molecule has 6 heteroatoms. The summed E-state index contributed by atoms with van der Waals surface area (Å²) in [6.07, 6.45) is 6.81. The third-order valence-corrected chi connectivity index (χ3v) is 6.68. The van der Waals surface area contributed by atoms with Gasteiger partial charge >= 0.3 is 0 Å². The van der Waals surface area contributed by atoms with Gasteiger partial charge in [-0.1, -0.05) is 79.7 Å². The monoisotopic (exact) mass is 465 g/mol. The molecule has 5 rings (SSSR count). The van der Waals surface area contributed by atoms with Crippen molar-refractivity contribution < 1.29 is 4.79 Å². The third-order valence-electron chi connectivity index (χ3n) is 6.68. The number of piperazine rings is 1. The lowest BCUT2D eigenvalue weighted by Gasteiger charge is -2.34. The van der Waals surface area contributed by atoms with Gasteiger partial charge in [0.2, 0.25) is 0 Å². The summed E-state index contributed by atoms with van der Waals surface area (Å²) in [5, 5.41) is 4.79. The van der Waals surface area contributed by atoms with Gasteiger partial charge in [0.25, 0.3) is 5.91 Å². The van der Waals surface area contributed by atoms with Crippen LogP contribution in [0.15, 0.2) is 72.9 Å². The Morgan fingerprint density at radius 2 is 1.66 bits per heavy atom. The first-order chi connectivity index (χ1) is 17.2. The number of hydrogen-bond donors (Lipinski definition) is 0. The summed E-state index contributed by atoms with van der Waals surface area (Å²) in [7, 11) is 0. The molecule has 1 saturated heterocycles. The number of fused-ring (bicyclic) bond motifs is 1. The van der Waals surface area contributed by atoms with Crippen LogP contribution in [0, 0.1) is 6.92 Å². The van der Waals surface area contributed by atoms with Gasteiger partial charge < -0.3 is 4.90 Å². The van der Waals surface area contributed by atoms with E-state index in [4.69, 9.17) is 10.1 Å². The molecule has 6 nitrogen and oxygen atoms in total. The van der Waals surface area contributed by atoms with E-state index in [9.17, 15) is 4.79 Å². The largest absolute Gasteiger partial charge is 0.336 e. The Hall–Kier alpha value is -3.77. The summed E-state index contributed by atoms with van der Waals surface area (Å²) in [6, 6.07) is 20.5. The second-order valence-electron chi connectivity index (χ2n) is 8.94. The molecule has 0 N–H and O–H groups in total. The number of nitrogens with zero attached hydrogens (tertiary/aromatic N) is 5. The van der Waals surface area contributed by atoms with Crippen molar-refractivity contribution in [3.05, 3.63) is 95.5 Å². The summed E-state index contributed by atoms with van der Waals surface area (Å²) >= 11 is 0. The fourth-order valence-corrected chi connectivity index (χ4v) is 4.80. The maximum Gasteiger partial charge on any atom is 0.257 e. The average molecular weight is 466 g/mol. The Morgan fingerprint density at radius 1 is 0.971 bits per heavy atom. The maximum absolute atomic E-state index is 13.5. The fourth-order valence-electron chi connectivity index (χ4n) is 4.80. The van der Waals surface area contributed by atoms with Crippen LogP contribution >= 0.6 is 0 Å². The van der Waals surface area contributed by atoms with Crippen molar-refractivity contribution in [1.82, 2.24) is 24.4 Å². The predicted octanol–water partition coefficient (Wildman–Crippen LogP) is 4.74. The molecule has 4 aromatic rings. The molecule has 1 amide bonds. The fraction of sp³-hybridized carbons (Fsp3) is 0.276. The highest BCUT2D eigenvalue weighted by molar-refractivity contribution is 5.96.